The molecular formula is C18H15Cl2NO4S. The molecule has 0 radical (unpaired) electrons. The molecule has 26 heavy (non-hydrogen) atoms. The van der Waals surface area contributed by atoms with Gasteiger partial charge in [0.15, 0.2) is 12.4 Å². The molecule has 5 nitrogen and oxygen atoms in total. The van der Waals surface area contributed by atoms with E-state index in [4.69, 9.17) is 27.9 Å². The number of Topliss-reactive ketones (excluding diaryl/α,β-unsaturated/α-hetero) is 1. The van der Waals surface area contributed by atoms with E-state index in [2.05, 4.69) is 5.32 Å². The Kier molecular flexibility index (Phi) is 7.50. The normalized spacial score (nSPS) is 10.3. The highest BCUT2D eigenvalue weighted by molar-refractivity contribution is 8.00. The van der Waals surface area contributed by atoms with Crippen LogP contribution >= 0.6 is 35.0 Å². The van der Waals surface area contributed by atoms with Crippen LogP contribution in [0.1, 0.15) is 17.3 Å². The summed E-state index contributed by atoms with van der Waals surface area (Å²) >= 11 is 13.1. The Bertz CT molecular complexity index is 842. The van der Waals surface area contributed by atoms with Crippen molar-refractivity contribution >= 4 is 58.3 Å². The number of esters is 1. The number of amides is 1. The summed E-state index contributed by atoms with van der Waals surface area (Å²) < 4.78 is 4.93. The maximum absolute atomic E-state index is 11.9. The van der Waals surface area contributed by atoms with Gasteiger partial charge < -0.3 is 10.1 Å². The van der Waals surface area contributed by atoms with Crippen molar-refractivity contribution in [2.45, 2.75) is 11.8 Å². The molecule has 0 saturated heterocycles. The predicted octanol–water partition coefficient (Wildman–Crippen LogP) is 4.47. The molecule has 8 heteroatoms. The number of carbonyl (C=O) groups excluding carboxylic acids is 3. The van der Waals surface area contributed by atoms with E-state index < -0.39 is 18.5 Å². The zero-order valence-corrected chi connectivity index (χ0v) is 16.1. The Morgan fingerprint density at radius 1 is 1.12 bits per heavy atom. The van der Waals surface area contributed by atoms with Gasteiger partial charge in [-0.05, 0) is 37.3 Å². The summed E-state index contributed by atoms with van der Waals surface area (Å²) in [6.45, 7) is 1.01. The maximum Gasteiger partial charge on any atom is 0.316 e. The first kappa shape index (κ1) is 20.3. The Morgan fingerprint density at radius 2 is 1.88 bits per heavy atom. The molecule has 0 bridgehead atoms. The number of nitrogens with one attached hydrogen (secondary N) is 1. The molecule has 0 aliphatic rings. The molecule has 0 spiro atoms. The summed E-state index contributed by atoms with van der Waals surface area (Å²) in [7, 11) is 0. The van der Waals surface area contributed by atoms with Crippen molar-refractivity contribution in [3.05, 3.63) is 58.1 Å². The maximum atomic E-state index is 11.9. The van der Waals surface area contributed by atoms with Gasteiger partial charge in [0.1, 0.15) is 0 Å². The lowest BCUT2D eigenvalue weighted by Crippen LogP contribution is -2.21. The number of rotatable bonds is 7. The quantitative estimate of drug-likeness (QED) is 0.413. The van der Waals surface area contributed by atoms with Crippen LogP contribution < -0.4 is 5.32 Å². The average Bonchev–Trinajstić information content (AvgIpc) is 2.61. The first-order valence-electron chi connectivity index (χ1n) is 7.49. The Hall–Kier alpha value is -2.02. The van der Waals surface area contributed by atoms with E-state index in [0.717, 1.165) is 0 Å². The van der Waals surface area contributed by atoms with Gasteiger partial charge in [0.2, 0.25) is 0 Å². The molecule has 0 saturated carbocycles. The highest BCUT2D eigenvalue weighted by Crippen LogP contribution is 2.29. The van der Waals surface area contributed by atoms with Crippen LogP contribution in [0.25, 0.3) is 0 Å². The molecule has 0 fully saturated rings. The highest BCUT2D eigenvalue weighted by atomic mass is 35.5. The van der Waals surface area contributed by atoms with E-state index in [9.17, 15) is 14.4 Å². The SMILES string of the molecule is CC(=O)c1cccc(NC(=O)COC(=O)CSc2cc(Cl)ccc2Cl)c1. The van der Waals surface area contributed by atoms with Crippen LogP contribution in [0.5, 0.6) is 0 Å². The summed E-state index contributed by atoms with van der Waals surface area (Å²) in [5, 5.41) is 3.56. The molecule has 0 unspecified atom stereocenters. The number of benzene rings is 2. The average molecular weight is 412 g/mol. The molecule has 0 aromatic heterocycles. The van der Waals surface area contributed by atoms with E-state index in [1.807, 2.05) is 0 Å². The van der Waals surface area contributed by atoms with Crippen LogP contribution in [0.2, 0.25) is 10.0 Å². The number of ether oxygens (including phenoxy) is 1. The molecule has 0 aliphatic carbocycles. The van der Waals surface area contributed by atoms with Gasteiger partial charge in [-0.3, -0.25) is 14.4 Å². The molecule has 1 amide bonds. The zero-order chi connectivity index (χ0) is 19.1. The highest BCUT2D eigenvalue weighted by Gasteiger charge is 2.11. The minimum absolute atomic E-state index is 0.00678. The first-order chi connectivity index (χ1) is 12.3. The molecule has 2 aromatic carbocycles. The van der Waals surface area contributed by atoms with E-state index in [-0.39, 0.29) is 11.5 Å². The second-order valence-electron chi connectivity index (χ2n) is 5.21. The number of anilines is 1. The zero-order valence-electron chi connectivity index (χ0n) is 13.8. The Balaban J connectivity index is 1.80. The van der Waals surface area contributed by atoms with Crippen LogP contribution in [0.4, 0.5) is 5.69 Å². The fourth-order valence-electron chi connectivity index (χ4n) is 1.93. The van der Waals surface area contributed by atoms with Crippen LogP contribution in [0.15, 0.2) is 47.4 Å². The third-order valence-corrected chi connectivity index (χ3v) is 4.86. The van der Waals surface area contributed by atoms with Gasteiger partial charge in [-0.2, -0.15) is 0 Å². The van der Waals surface area contributed by atoms with Gasteiger partial charge in [-0.25, -0.2) is 0 Å². The Labute approximate surface area is 165 Å². The smallest absolute Gasteiger partial charge is 0.316 e. The molecule has 1 N–H and O–H groups in total. The van der Waals surface area contributed by atoms with Crippen LogP contribution in [-0.4, -0.2) is 30.0 Å². The van der Waals surface area contributed by atoms with E-state index >= 15 is 0 Å². The van der Waals surface area contributed by atoms with Gasteiger partial charge in [0, 0.05) is 21.2 Å². The second kappa shape index (κ2) is 9.62. The number of thioether (sulfide) groups is 1. The summed E-state index contributed by atoms with van der Waals surface area (Å²) in [5.74, 6) is -1.17. The van der Waals surface area contributed by atoms with Gasteiger partial charge in [-0.1, -0.05) is 35.3 Å². The summed E-state index contributed by atoms with van der Waals surface area (Å²) in [6, 6.07) is 11.4. The Morgan fingerprint density at radius 3 is 2.62 bits per heavy atom. The van der Waals surface area contributed by atoms with Crippen molar-refractivity contribution < 1.29 is 19.1 Å². The van der Waals surface area contributed by atoms with E-state index in [1.54, 1.807) is 42.5 Å². The van der Waals surface area contributed by atoms with Gasteiger partial charge in [-0.15, -0.1) is 11.8 Å². The van der Waals surface area contributed by atoms with Crippen molar-refractivity contribution in [2.24, 2.45) is 0 Å². The lowest BCUT2D eigenvalue weighted by Gasteiger charge is -2.08. The fraction of sp³-hybridized carbons (Fsp3) is 0.167. The van der Waals surface area contributed by atoms with Crippen molar-refractivity contribution in [3.8, 4) is 0 Å². The first-order valence-corrected chi connectivity index (χ1v) is 9.23. The van der Waals surface area contributed by atoms with Crippen molar-refractivity contribution in [3.63, 3.8) is 0 Å². The number of halogens is 2. The van der Waals surface area contributed by atoms with Crippen molar-refractivity contribution in [1.29, 1.82) is 0 Å². The fourth-order valence-corrected chi connectivity index (χ4v) is 3.22. The number of carbonyl (C=O) groups is 3. The standard InChI is InChI=1S/C18H15Cl2NO4S/c1-11(22)12-3-2-4-14(7-12)21-17(23)9-25-18(24)10-26-16-8-13(19)5-6-15(16)20/h2-8H,9-10H2,1H3,(H,21,23). The predicted molar refractivity (Wildman–Crippen MR) is 103 cm³/mol. The summed E-state index contributed by atoms with van der Waals surface area (Å²) in [5.41, 5.74) is 0.938. The molecular weight excluding hydrogens is 397 g/mol. The molecule has 136 valence electrons. The minimum atomic E-state index is -0.557. The van der Waals surface area contributed by atoms with Crippen molar-refractivity contribution in [1.82, 2.24) is 0 Å². The number of hydrogen-bond donors (Lipinski definition) is 1. The van der Waals surface area contributed by atoms with Crippen molar-refractivity contribution in [2.75, 3.05) is 17.7 Å². The van der Waals surface area contributed by atoms with Gasteiger partial charge in [0.25, 0.3) is 5.91 Å². The van der Waals surface area contributed by atoms with Crippen LogP contribution in [0, 0.1) is 0 Å². The molecule has 0 atom stereocenters. The second-order valence-corrected chi connectivity index (χ2v) is 7.07. The summed E-state index contributed by atoms with van der Waals surface area (Å²) in [6.07, 6.45) is 0. The topological polar surface area (TPSA) is 72.5 Å². The molecule has 0 heterocycles. The molecule has 2 rings (SSSR count). The third-order valence-electron chi connectivity index (χ3n) is 3.16. The lowest BCUT2D eigenvalue weighted by molar-refractivity contribution is -0.144. The number of hydrogen-bond acceptors (Lipinski definition) is 5. The van der Waals surface area contributed by atoms with E-state index in [0.29, 0.717) is 26.2 Å². The monoisotopic (exact) mass is 411 g/mol. The molecule has 2 aromatic rings. The van der Waals surface area contributed by atoms with Crippen LogP contribution in [-0.2, 0) is 14.3 Å². The largest absolute Gasteiger partial charge is 0.455 e. The third kappa shape index (κ3) is 6.37. The minimum Gasteiger partial charge on any atom is -0.455 e. The van der Waals surface area contributed by atoms with Gasteiger partial charge in [0.05, 0.1) is 10.8 Å². The molecule has 0 aliphatic heterocycles. The number of ketones is 1. The van der Waals surface area contributed by atoms with E-state index in [1.165, 1.54) is 18.7 Å². The lowest BCUT2D eigenvalue weighted by atomic mass is 10.1. The van der Waals surface area contributed by atoms with Crippen LogP contribution in [0.3, 0.4) is 0 Å². The summed E-state index contributed by atoms with van der Waals surface area (Å²) in [4.78, 5) is 35.6. The van der Waals surface area contributed by atoms with Gasteiger partial charge >= 0.3 is 5.97 Å².